The zero-order valence-corrected chi connectivity index (χ0v) is 36.0. The summed E-state index contributed by atoms with van der Waals surface area (Å²) in [7, 11) is 0. The van der Waals surface area contributed by atoms with Gasteiger partial charge in [-0.05, 0) is 70.6 Å². The van der Waals surface area contributed by atoms with Crippen LogP contribution in [0.1, 0.15) is 226 Å². The van der Waals surface area contributed by atoms with Crippen LogP contribution in [0.15, 0.2) is 48.6 Å². The van der Waals surface area contributed by atoms with Crippen LogP contribution in [-0.2, 0) is 23.8 Å². The van der Waals surface area contributed by atoms with E-state index in [1.807, 2.05) is 0 Å². The van der Waals surface area contributed by atoms with Crippen LogP contribution in [0.25, 0.3) is 0 Å². The molecule has 0 radical (unpaired) electrons. The Labute approximate surface area is 335 Å². The third kappa shape index (κ3) is 42.6. The molecule has 0 heterocycles. The molecular formula is C49H88O5. The summed E-state index contributed by atoms with van der Waals surface area (Å²) in [4.78, 5) is 25.2. The van der Waals surface area contributed by atoms with Crippen LogP contribution in [0.5, 0.6) is 0 Å². The number of carbonyl (C=O) groups is 2. The number of unbranched alkanes of at least 4 members (excludes halogenated alkanes) is 23. The molecule has 1 atom stereocenters. The van der Waals surface area contributed by atoms with Gasteiger partial charge in [-0.1, -0.05) is 191 Å². The maximum atomic E-state index is 12.7. The first-order chi connectivity index (χ1) is 26.6. The molecule has 0 aromatic carbocycles. The highest BCUT2D eigenvalue weighted by Crippen LogP contribution is 2.14. The average molecular weight is 757 g/mol. The fourth-order valence-electron chi connectivity index (χ4n) is 6.35. The van der Waals surface area contributed by atoms with Crippen molar-refractivity contribution >= 4 is 11.9 Å². The predicted octanol–water partition coefficient (Wildman–Crippen LogP) is 15.2. The molecule has 0 amide bonds. The lowest BCUT2D eigenvalue weighted by Crippen LogP contribution is -2.30. The van der Waals surface area contributed by atoms with E-state index in [-0.39, 0.29) is 25.2 Å². The third-order valence-electron chi connectivity index (χ3n) is 9.80. The number of ether oxygens (including phenoxy) is 3. The molecule has 0 aliphatic rings. The summed E-state index contributed by atoms with van der Waals surface area (Å²) in [6, 6.07) is 0. The number of esters is 2. The van der Waals surface area contributed by atoms with Crippen molar-refractivity contribution in [2.24, 2.45) is 0 Å². The van der Waals surface area contributed by atoms with E-state index in [9.17, 15) is 9.59 Å². The Bertz CT molecular complexity index is 904. The maximum Gasteiger partial charge on any atom is 0.306 e. The first-order valence-electron chi connectivity index (χ1n) is 23.2. The molecule has 314 valence electrons. The zero-order chi connectivity index (χ0) is 39.3. The van der Waals surface area contributed by atoms with E-state index in [4.69, 9.17) is 14.2 Å². The van der Waals surface area contributed by atoms with Crippen molar-refractivity contribution in [1.29, 1.82) is 0 Å². The first kappa shape index (κ1) is 51.9. The molecule has 0 aliphatic carbocycles. The summed E-state index contributed by atoms with van der Waals surface area (Å²) in [6.07, 6.45) is 53.9. The first-order valence-corrected chi connectivity index (χ1v) is 23.2. The van der Waals surface area contributed by atoms with Crippen LogP contribution in [0.2, 0.25) is 0 Å². The lowest BCUT2D eigenvalue weighted by atomic mass is 10.1. The van der Waals surface area contributed by atoms with Gasteiger partial charge in [0.25, 0.3) is 0 Å². The summed E-state index contributed by atoms with van der Waals surface area (Å²) < 4.78 is 17.3. The quantitative estimate of drug-likeness (QED) is 0.0353. The summed E-state index contributed by atoms with van der Waals surface area (Å²) in [6.45, 7) is 7.67. The van der Waals surface area contributed by atoms with E-state index >= 15 is 0 Å². The minimum Gasteiger partial charge on any atom is -0.462 e. The van der Waals surface area contributed by atoms with E-state index in [1.165, 1.54) is 128 Å². The van der Waals surface area contributed by atoms with Crippen LogP contribution in [0.4, 0.5) is 0 Å². The lowest BCUT2D eigenvalue weighted by molar-refractivity contribution is -0.163. The fraction of sp³-hybridized carbons (Fsp3) is 0.796. The third-order valence-corrected chi connectivity index (χ3v) is 9.80. The molecule has 5 nitrogen and oxygen atoms in total. The summed E-state index contributed by atoms with van der Waals surface area (Å²) in [5.74, 6) is -0.416. The second-order valence-corrected chi connectivity index (χ2v) is 15.3. The second kappa shape index (κ2) is 45.3. The van der Waals surface area contributed by atoms with Gasteiger partial charge in [-0.15, -0.1) is 0 Å². The van der Waals surface area contributed by atoms with Crippen molar-refractivity contribution < 1.29 is 23.8 Å². The van der Waals surface area contributed by atoms with Crippen molar-refractivity contribution in [2.45, 2.75) is 232 Å². The zero-order valence-electron chi connectivity index (χ0n) is 36.0. The van der Waals surface area contributed by atoms with E-state index in [1.54, 1.807) is 0 Å². The monoisotopic (exact) mass is 757 g/mol. The Morgan fingerprint density at radius 2 is 0.815 bits per heavy atom. The molecule has 0 saturated heterocycles. The van der Waals surface area contributed by atoms with Crippen LogP contribution >= 0.6 is 0 Å². The van der Waals surface area contributed by atoms with Gasteiger partial charge in [-0.25, -0.2) is 0 Å². The maximum absolute atomic E-state index is 12.7. The number of carbonyl (C=O) groups excluding carboxylic acids is 2. The van der Waals surface area contributed by atoms with Crippen molar-refractivity contribution in [2.75, 3.05) is 19.8 Å². The average Bonchev–Trinajstić information content (AvgIpc) is 3.17. The van der Waals surface area contributed by atoms with Crippen molar-refractivity contribution in [3.63, 3.8) is 0 Å². The summed E-state index contributed by atoms with van der Waals surface area (Å²) >= 11 is 0. The fourth-order valence-corrected chi connectivity index (χ4v) is 6.35. The molecular weight excluding hydrogens is 669 g/mol. The minimum atomic E-state index is -0.542. The van der Waals surface area contributed by atoms with Crippen molar-refractivity contribution in [3.8, 4) is 0 Å². The van der Waals surface area contributed by atoms with Gasteiger partial charge in [0.15, 0.2) is 6.10 Å². The van der Waals surface area contributed by atoms with E-state index in [2.05, 4.69) is 69.4 Å². The highest BCUT2D eigenvalue weighted by molar-refractivity contribution is 5.70. The molecule has 0 aromatic heterocycles. The van der Waals surface area contributed by atoms with Crippen LogP contribution in [-0.4, -0.2) is 37.9 Å². The topological polar surface area (TPSA) is 61.8 Å². The summed E-state index contributed by atoms with van der Waals surface area (Å²) in [5, 5.41) is 0. The van der Waals surface area contributed by atoms with Crippen molar-refractivity contribution in [3.05, 3.63) is 48.6 Å². The lowest BCUT2D eigenvalue weighted by Gasteiger charge is -2.18. The molecule has 54 heavy (non-hydrogen) atoms. The van der Waals surface area contributed by atoms with E-state index in [0.29, 0.717) is 19.4 Å². The largest absolute Gasteiger partial charge is 0.462 e. The van der Waals surface area contributed by atoms with Crippen LogP contribution < -0.4 is 0 Å². The van der Waals surface area contributed by atoms with Gasteiger partial charge < -0.3 is 14.2 Å². The SMILES string of the molecule is CCC/C=C\C/C=C\CCCCCCCCOCC(COC(=O)CCCCCCC/C=C\C/C=C\CCC)OC(=O)CCCCCCCCCCCCC. The Hall–Kier alpha value is -2.14. The number of allylic oxidation sites excluding steroid dienone is 8. The van der Waals surface area contributed by atoms with E-state index < -0.39 is 6.10 Å². The van der Waals surface area contributed by atoms with Gasteiger partial charge in [0.05, 0.1) is 6.61 Å². The molecule has 0 bridgehead atoms. The highest BCUT2D eigenvalue weighted by atomic mass is 16.6. The molecule has 0 aliphatic heterocycles. The van der Waals surface area contributed by atoms with Gasteiger partial charge in [0.2, 0.25) is 0 Å². The number of rotatable bonds is 42. The molecule has 1 unspecified atom stereocenters. The van der Waals surface area contributed by atoms with Crippen molar-refractivity contribution in [1.82, 2.24) is 0 Å². The van der Waals surface area contributed by atoms with Crippen LogP contribution in [0.3, 0.4) is 0 Å². The Morgan fingerprint density at radius 3 is 1.30 bits per heavy atom. The van der Waals surface area contributed by atoms with Crippen LogP contribution in [0, 0.1) is 0 Å². The highest BCUT2D eigenvalue weighted by Gasteiger charge is 2.17. The molecule has 0 N–H and O–H groups in total. The molecule has 0 fully saturated rings. The molecule has 0 rings (SSSR count). The van der Waals surface area contributed by atoms with Gasteiger partial charge in [-0.3, -0.25) is 9.59 Å². The predicted molar refractivity (Wildman–Crippen MR) is 233 cm³/mol. The standard InChI is InChI=1S/C49H88O5/c1-4-7-10-13-16-19-22-24-26-29-32-35-38-41-44-52-45-47(54-49(51)43-40-37-34-31-27-21-18-15-12-9-6-3)46-53-48(50)42-39-36-33-30-28-25-23-20-17-14-11-8-5-2/h10-11,13-14,19-20,22-23,47H,4-9,12,15-18,21,24-46H2,1-3H3/b13-10-,14-11-,22-19-,23-20-. The molecule has 5 heteroatoms. The smallest absolute Gasteiger partial charge is 0.306 e. The molecule has 0 aromatic rings. The number of hydrogen-bond acceptors (Lipinski definition) is 5. The molecule has 0 saturated carbocycles. The Kier molecular flexibility index (Phi) is 43.5. The minimum absolute atomic E-state index is 0.0757. The van der Waals surface area contributed by atoms with E-state index in [0.717, 1.165) is 64.2 Å². The van der Waals surface area contributed by atoms with Gasteiger partial charge in [0, 0.05) is 19.4 Å². The Balaban J connectivity index is 4.28. The van der Waals surface area contributed by atoms with Gasteiger partial charge in [-0.2, -0.15) is 0 Å². The number of hydrogen-bond donors (Lipinski definition) is 0. The van der Waals surface area contributed by atoms with Gasteiger partial charge >= 0.3 is 11.9 Å². The Morgan fingerprint density at radius 1 is 0.407 bits per heavy atom. The second-order valence-electron chi connectivity index (χ2n) is 15.3. The van der Waals surface area contributed by atoms with Gasteiger partial charge in [0.1, 0.15) is 6.61 Å². The normalized spacial score (nSPS) is 12.6. The summed E-state index contributed by atoms with van der Waals surface area (Å²) in [5.41, 5.74) is 0. The molecule has 0 spiro atoms.